The van der Waals surface area contributed by atoms with Crippen LogP contribution in [0.15, 0.2) is 42.7 Å². The molecular weight excluding hydrogens is 296 g/mol. The van der Waals surface area contributed by atoms with Gasteiger partial charge in [0.25, 0.3) is 0 Å². The molecule has 1 N–H and O–H groups in total. The minimum Gasteiger partial charge on any atom is -0.373 e. The van der Waals surface area contributed by atoms with Gasteiger partial charge in [-0.2, -0.15) is 0 Å². The van der Waals surface area contributed by atoms with Crippen LogP contribution in [0.5, 0.6) is 0 Å². The summed E-state index contributed by atoms with van der Waals surface area (Å²) >= 11 is 0. The number of hydrogen-bond acceptors (Lipinski definition) is 3. The molecule has 128 valence electrons. The maximum absolute atomic E-state index is 5.98. The van der Waals surface area contributed by atoms with E-state index in [1.165, 1.54) is 22.3 Å². The van der Waals surface area contributed by atoms with Gasteiger partial charge >= 0.3 is 0 Å². The SMILES string of the molecule is CCC(N[C@@H]1CCO[C@@H](c2cccnc2)C1)c1cc(C)ccc1C. The number of aromatic nitrogens is 1. The van der Waals surface area contributed by atoms with Gasteiger partial charge in [-0.25, -0.2) is 0 Å². The summed E-state index contributed by atoms with van der Waals surface area (Å²) in [6.45, 7) is 7.45. The highest BCUT2D eigenvalue weighted by atomic mass is 16.5. The summed E-state index contributed by atoms with van der Waals surface area (Å²) in [7, 11) is 0. The summed E-state index contributed by atoms with van der Waals surface area (Å²) < 4.78 is 5.98. The molecule has 0 saturated carbocycles. The summed E-state index contributed by atoms with van der Waals surface area (Å²) in [5, 5.41) is 3.89. The molecule has 2 heterocycles. The van der Waals surface area contributed by atoms with Crippen molar-refractivity contribution in [3.63, 3.8) is 0 Å². The molecule has 1 aliphatic heterocycles. The molecule has 2 aromatic rings. The molecule has 1 aliphatic rings. The van der Waals surface area contributed by atoms with Gasteiger partial charge in [-0.1, -0.05) is 36.8 Å². The summed E-state index contributed by atoms with van der Waals surface area (Å²) in [5.41, 5.74) is 5.32. The topological polar surface area (TPSA) is 34.1 Å². The number of aryl methyl sites for hydroxylation is 2. The van der Waals surface area contributed by atoms with Crippen molar-refractivity contribution >= 4 is 0 Å². The van der Waals surface area contributed by atoms with Crippen LogP contribution in [-0.2, 0) is 4.74 Å². The second kappa shape index (κ2) is 7.91. The first-order chi connectivity index (χ1) is 11.7. The lowest BCUT2D eigenvalue weighted by Crippen LogP contribution is -2.38. The molecule has 1 unspecified atom stereocenters. The second-order valence-electron chi connectivity index (χ2n) is 6.85. The molecule has 0 radical (unpaired) electrons. The van der Waals surface area contributed by atoms with Crippen LogP contribution in [0.2, 0.25) is 0 Å². The highest BCUT2D eigenvalue weighted by Gasteiger charge is 2.26. The number of nitrogens with one attached hydrogen (secondary N) is 1. The third-order valence-electron chi connectivity index (χ3n) is 5.00. The Bertz CT molecular complexity index is 656. The van der Waals surface area contributed by atoms with Crippen LogP contribution in [0.1, 0.15) is 60.6 Å². The Morgan fingerprint density at radius 1 is 1.29 bits per heavy atom. The second-order valence-corrected chi connectivity index (χ2v) is 6.85. The Labute approximate surface area is 145 Å². The molecule has 0 spiro atoms. The van der Waals surface area contributed by atoms with Crippen molar-refractivity contribution in [3.05, 3.63) is 65.0 Å². The zero-order valence-electron chi connectivity index (χ0n) is 15.0. The predicted molar refractivity (Wildman–Crippen MR) is 98.0 cm³/mol. The number of ether oxygens (including phenoxy) is 1. The molecule has 0 aliphatic carbocycles. The average Bonchev–Trinajstić information content (AvgIpc) is 2.63. The predicted octanol–water partition coefficient (Wildman–Crippen LogP) is 4.66. The maximum atomic E-state index is 5.98. The fraction of sp³-hybridized carbons (Fsp3) is 0.476. The van der Waals surface area contributed by atoms with E-state index in [-0.39, 0.29) is 6.10 Å². The number of nitrogens with zero attached hydrogens (tertiary/aromatic N) is 1. The molecule has 0 bridgehead atoms. The van der Waals surface area contributed by atoms with Crippen LogP contribution in [0.25, 0.3) is 0 Å². The molecular formula is C21H28N2O. The van der Waals surface area contributed by atoms with Crippen LogP contribution in [0.4, 0.5) is 0 Å². The van der Waals surface area contributed by atoms with Gasteiger partial charge in [-0.15, -0.1) is 0 Å². The number of pyridine rings is 1. The standard InChI is InChI=1S/C21H28N2O/c1-4-20(19-12-15(2)7-8-16(19)3)23-18-9-11-24-21(13-18)17-6-5-10-22-14-17/h5-8,10,12,14,18,20-21,23H,4,9,11,13H2,1-3H3/t18-,20?,21-/m1/s1. The normalized spacial score (nSPS) is 22.3. The number of hydrogen-bond donors (Lipinski definition) is 1. The Morgan fingerprint density at radius 2 is 2.17 bits per heavy atom. The van der Waals surface area contributed by atoms with Crippen molar-refractivity contribution in [2.24, 2.45) is 0 Å². The van der Waals surface area contributed by atoms with Crippen molar-refractivity contribution < 1.29 is 4.74 Å². The van der Waals surface area contributed by atoms with E-state index in [1.54, 1.807) is 0 Å². The van der Waals surface area contributed by atoms with E-state index in [0.29, 0.717) is 12.1 Å². The molecule has 3 atom stereocenters. The molecule has 3 rings (SSSR count). The van der Waals surface area contributed by atoms with Gasteiger partial charge in [0.15, 0.2) is 0 Å². The van der Waals surface area contributed by atoms with E-state index in [0.717, 1.165) is 25.9 Å². The lowest BCUT2D eigenvalue weighted by molar-refractivity contribution is -0.00206. The Hall–Kier alpha value is -1.71. The molecule has 24 heavy (non-hydrogen) atoms. The van der Waals surface area contributed by atoms with Gasteiger partial charge < -0.3 is 10.1 Å². The summed E-state index contributed by atoms with van der Waals surface area (Å²) in [6, 6.07) is 11.7. The first-order valence-electron chi connectivity index (χ1n) is 9.02. The van der Waals surface area contributed by atoms with Gasteiger partial charge in [-0.05, 0) is 55.9 Å². The first-order valence-corrected chi connectivity index (χ1v) is 9.02. The molecule has 0 amide bonds. The third-order valence-corrected chi connectivity index (χ3v) is 5.00. The minimum absolute atomic E-state index is 0.154. The van der Waals surface area contributed by atoms with Crippen LogP contribution in [0, 0.1) is 13.8 Å². The summed E-state index contributed by atoms with van der Waals surface area (Å²) in [6.07, 6.45) is 7.07. The number of rotatable bonds is 5. The van der Waals surface area contributed by atoms with Crippen molar-refractivity contribution in [2.75, 3.05) is 6.61 Å². The van der Waals surface area contributed by atoms with Crippen LogP contribution >= 0.6 is 0 Å². The fourth-order valence-electron chi connectivity index (χ4n) is 3.59. The lowest BCUT2D eigenvalue weighted by Gasteiger charge is -2.33. The highest BCUT2D eigenvalue weighted by molar-refractivity contribution is 5.33. The summed E-state index contributed by atoms with van der Waals surface area (Å²) in [5.74, 6) is 0. The highest BCUT2D eigenvalue weighted by Crippen LogP contribution is 2.30. The maximum Gasteiger partial charge on any atom is 0.0854 e. The first kappa shape index (κ1) is 17.1. The van der Waals surface area contributed by atoms with Crippen LogP contribution < -0.4 is 5.32 Å². The zero-order valence-corrected chi connectivity index (χ0v) is 15.0. The van der Waals surface area contributed by atoms with E-state index in [2.05, 4.69) is 55.3 Å². The summed E-state index contributed by atoms with van der Waals surface area (Å²) in [4.78, 5) is 4.23. The fourth-order valence-corrected chi connectivity index (χ4v) is 3.59. The zero-order chi connectivity index (χ0) is 16.9. The van der Waals surface area contributed by atoms with Crippen LogP contribution in [0.3, 0.4) is 0 Å². The third kappa shape index (κ3) is 4.03. The molecule has 1 fully saturated rings. The smallest absolute Gasteiger partial charge is 0.0854 e. The van der Waals surface area contributed by atoms with E-state index < -0.39 is 0 Å². The largest absolute Gasteiger partial charge is 0.373 e. The van der Waals surface area contributed by atoms with E-state index in [1.807, 2.05) is 18.5 Å². The molecule has 1 saturated heterocycles. The monoisotopic (exact) mass is 324 g/mol. The van der Waals surface area contributed by atoms with Gasteiger partial charge in [0.1, 0.15) is 0 Å². The van der Waals surface area contributed by atoms with E-state index in [4.69, 9.17) is 4.74 Å². The van der Waals surface area contributed by atoms with Crippen LogP contribution in [-0.4, -0.2) is 17.6 Å². The van der Waals surface area contributed by atoms with Gasteiger partial charge in [-0.3, -0.25) is 4.98 Å². The van der Waals surface area contributed by atoms with E-state index in [9.17, 15) is 0 Å². The quantitative estimate of drug-likeness (QED) is 0.868. The average molecular weight is 324 g/mol. The molecule has 3 heteroatoms. The Morgan fingerprint density at radius 3 is 2.92 bits per heavy atom. The van der Waals surface area contributed by atoms with Gasteiger partial charge in [0.05, 0.1) is 6.10 Å². The van der Waals surface area contributed by atoms with Crippen molar-refractivity contribution in [3.8, 4) is 0 Å². The minimum atomic E-state index is 0.154. The van der Waals surface area contributed by atoms with Gasteiger partial charge in [0.2, 0.25) is 0 Å². The van der Waals surface area contributed by atoms with E-state index >= 15 is 0 Å². The Balaban J connectivity index is 1.70. The van der Waals surface area contributed by atoms with Gasteiger partial charge in [0, 0.05) is 31.1 Å². The van der Waals surface area contributed by atoms with Crippen molar-refractivity contribution in [1.82, 2.24) is 10.3 Å². The molecule has 3 nitrogen and oxygen atoms in total. The molecule has 1 aromatic heterocycles. The van der Waals surface area contributed by atoms with Crippen molar-refractivity contribution in [1.29, 1.82) is 0 Å². The number of benzene rings is 1. The lowest BCUT2D eigenvalue weighted by atomic mass is 9.93. The molecule has 1 aromatic carbocycles. The van der Waals surface area contributed by atoms with Crippen molar-refractivity contribution in [2.45, 2.75) is 58.2 Å². The Kier molecular flexibility index (Phi) is 5.64.